The Morgan fingerprint density at radius 1 is 1.10 bits per heavy atom. The maximum absolute atomic E-state index is 12.1. The predicted octanol–water partition coefficient (Wildman–Crippen LogP) is 3.32. The first-order valence-corrected chi connectivity index (χ1v) is 10.3. The molecule has 158 valence electrons. The van der Waals surface area contributed by atoms with Crippen LogP contribution in [0.5, 0.6) is 5.75 Å². The van der Waals surface area contributed by atoms with Crippen molar-refractivity contribution in [2.24, 2.45) is 0 Å². The number of amides is 1. The molecule has 1 aliphatic heterocycles. The summed E-state index contributed by atoms with van der Waals surface area (Å²) in [6, 6.07) is 17.3. The van der Waals surface area contributed by atoms with Crippen LogP contribution in [0.4, 0.5) is 10.5 Å². The van der Waals surface area contributed by atoms with Crippen molar-refractivity contribution in [2.75, 3.05) is 51.3 Å². The molecule has 0 spiro atoms. The first kappa shape index (κ1) is 21.6. The van der Waals surface area contributed by atoms with Gasteiger partial charge in [-0.15, -0.1) is 0 Å². The quantitative estimate of drug-likeness (QED) is 0.722. The van der Waals surface area contributed by atoms with Crippen LogP contribution in [0.25, 0.3) is 0 Å². The third kappa shape index (κ3) is 6.48. The van der Waals surface area contributed by atoms with Gasteiger partial charge in [0.2, 0.25) is 0 Å². The van der Waals surface area contributed by atoms with E-state index in [1.165, 1.54) is 0 Å². The highest BCUT2D eigenvalue weighted by Crippen LogP contribution is 2.23. The molecule has 1 fully saturated rings. The minimum atomic E-state index is -0.474. The van der Waals surface area contributed by atoms with E-state index in [1.54, 1.807) is 6.07 Å². The van der Waals surface area contributed by atoms with Gasteiger partial charge in [-0.25, -0.2) is 4.79 Å². The maximum Gasteiger partial charge on any atom is 0.411 e. The lowest BCUT2D eigenvalue weighted by Gasteiger charge is -2.34. The van der Waals surface area contributed by atoms with Gasteiger partial charge in [0.1, 0.15) is 12.4 Å². The zero-order valence-electron chi connectivity index (χ0n) is 17.3. The Bertz CT molecular complexity index is 873. The summed E-state index contributed by atoms with van der Waals surface area (Å²) in [4.78, 5) is 16.8. The van der Waals surface area contributed by atoms with E-state index in [-0.39, 0.29) is 0 Å². The van der Waals surface area contributed by atoms with Gasteiger partial charge in [-0.1, -0.05) is 24.3 Å². The predicted molar refractivity (Wildman–Crippen MR) is 115 cm³/mol. The Labute approximate surface area is 177 Å². The Hall–Kier alpha value is -3.08. The molecule has 1 heterocycles. The number of carbonyl (C=O) groups is 1. The van der Waals surface area contributed by atoms with Crippen molar-refractivity contribution in [1.82, 2.24) is 9.80 Å². The first-order valence-electron chi connectivity index (χ1n) is 10.3. The zero-order valence-corrected chi connectivity index (χ0v) is 17.3. The third-order valence-electron chi connectivity index (χ3n) is 4.99. The summed E-state index contributed by atoms with van der Waals surface area (Å²) in [7, 11) is 0. The molecule has 7 nitrogen and oxygen atoms in total. The molecule has 7 heteroatoms. The highest BCUT2D eigenvalue weighted by Gasteiger charge is 2.17. The highest BCUT2D eigenvalue weighted by atomic mass is 16.5. The zero-order chi connectivity index (χ0) is 21.2. The van der Waals surface area contributed by atoms with Crippen LogP contribution >= 0.6 is 0 Å². The Morgan fingerprint density at radius 2 is 1.87 bits per heavy atom. The van der Waals surface area contributed by atoms with Gasteiger partial charge in [-0.3, -0.25) is 15.1 Å². The van der Waals surface area contributed by atoms with Crippen LogP contribution < -0.4 is 10.1 Å². The van der Waals surface area contributed by atoms with Gasteiger partial charge in [0.25, 0.3) is 0 Å². The summed E-state index contributed by atoms with van der Waals surface area (Å²) >= 11 is 0. The average molecular weight is 409 g/mol. The molecule has 0 aromatic heterocycles. The van der Waals surface area contributed by atoms with E-state index in [9.17, 15) is 4.79 Å². The fraction of sp³-hybridized carbons (Fsp3) is 0.391. The van der Waals surface area contributed by atoms with Crippen LogP contribution in [0.3, 0.4) is 0 Å². The lowest BCUT2D eigenvalue weighted by atomic mass is 10.1. The number of hydrogen-bond donors (Lipinski definition) is 1. The summed E-state index contributed by atoms with van der Waals surface area (Å²) < 4.78 is 10.8. The fourth-order valence-electron chi connectivity index (χ4n) is 3.43. The topological polar surface area (TPSA) is 77.8 Å². The number of nitrogens with zero attached hydrogens (tertiary/aromatic N) is 3. The van der Waals surface area contributed by atoms with E-state index in [0.717, 1.165) is 38.3 Å². The van der Waals surface area contributed by atoms with Crippen LogP contribution in [0.2, 0.25) is 0 Å². The van der Waals surface area contributed by atoms with Crippen LogP contribution in [-0.4, -0.2) is 61.8 Å². The molecule has 0 unspecified atom stereocenters. The molecule has 0 bridgehead atoms. The molecule has 0 saturated carbocycles. The average Bonchev–Trinajstić information content (AvgIpc) is 2.77. The van der Waals surface area contributed by atoms with Crippen molar-refractivity contribution in [3.8, 4) is 11.8 Å². The number of nitrogens with one attached hydrogen (secondary N) is 1. The third-order valence-corrected chi connectivity index (χ3v) is 4.99. The fourth-order valence-corrected chi connectivity index (χ4v) is 3.43. The number of hydrogen-bond acceptors (Lipinski definition) is 6. The van der Waals surface area contributed by atoms with E-state index >= 15 is 0 Å². The second kappa shape index (κ2) is 11.2. The normalized spacial score (nSPS) is 14.7. The number of benzene rings is 2. The Morgan fingerprint density at radius 3 is 2.63 bits per heavy atom. The van der Waals surface area contributed by atoms with Gasteiger partial charge >= 0.3 is 6.09 Å². The SMILES string of the molecule is CCOc1ccccc1NC(=O)OCCN1CCN(Cc2cccc(C#N)c2)CC1. The van der Waals surface area contributed by atoms with Crippen molar-refractivity contribution < 1.29 is 14.3 Å². The smallest absolute Gasteiger partial charge is 0.411 e. The van der Waals surface area contributed by atoms with Gasteiger partial charge in [0.15, 0.2) is 0 Å². The molecule has 30 heavy (non-hydrogen) atoms. The van der Waals surface area contributed by atoms with Crippen LogP contribution in [-0.2, 0) is 11.3 Å². The summed E-state index contributed by atoms with van der Waals surface area (Å²) in [5.41, 5.74) is 2.47. The van der Waals surface area contributed by atoms with Gasteiger partial charge in [0, 0.05) is 39.3 Å². The van der Waals surface area contributed by atoms with E-state index in [4.69, 9.17) is 14.7 Å². The van der Waals surface area contributed by atoms with Gasteiger partial charge in [-0.2, -0.15) is 5.26 Å². The second-order valence-electron chi connectivity index (χ2n) is 7.12. The van der Waals surface area contributed by atoms with Crippen molar-refractivity contribution >= 4 is 11.8 Å². The molecule has 0 aliphatic carbocycles. The molecule has 1 aliphatic rings. The van der Waals surface area contributed by atoms with E-state index < -0.39 is 6.09 Å². The summed E-state index contributed by atoms with van der Waals surface area (Å²) in [5.74, 6) is 0.633. The van der Waals surface area contributed by atoms with E-state index in [2.05, 4.69) is 27.3 Å². The minimum absolute atomic E-state index is 0.340. The molecule has 1 N–H and O–H groups in total. The van der Waals surface area contributed by atoms with E-state index in [1.807, 2.05) is 43.3 Å². The number of para-hydroxylation sites is 2. The van der Waals surface area contributed by atoms with Gasteiger partial charge in [-0.05, 0) is 36.8 Å². The van der Waals surface area contributed by atoms with Crippen LogP contribution in [0.15, 0.2) is 48.5 Å². The van der Waals surface area contributed by atoms with Gasteiger partial charge in [0.05, 0.1) is 23.9 Å². The molecule has 1 amide bonds. The lowest BCUT2D eigenvalue weighted by molar-refractivity contribution is 0.0975. The van der Waals surface area contributed by atoms with Crippen molar-refractivity contribution in [3.63, 3.8) is 0 Å². The largest absolute Gasteiger partial charge is 0.492 e. The summed E-state index contributed by atoms with van der Waals surface area (Å²) in [6.07, 6.45) is -0.474. The number of anilines is 1. The molecule has 3 rings (SSSR count). The minimum Gasteiger partial charge on any atom is -0.492 e. The van der Waals surface area contributed by atoms with Crippen molar-refractivity contribution in [3.05, 3.63) is 59.7 Å². The summed E-state index contributed by atoms with van der Waals surface area (Å²) in [6.45, 7) is 8.08. The van der Waals surface area contributed by atoms with Crippen LogP contribution in [0.1, 0.15) is 18.1 Å². The number of carbonyl (C=O) groups excluding carboxylic acids is 1. The number of piperazine rings is 1. The second-order valence-corrected chi connectivity index (χ2v) is 7.12. The molecular formula is C23H28N4O3. The van der Waals surface area contributed by atoms with Crippen molar-refractivity contribution in [2.45, 2.75) is 13.5 Å². The Balaban J connectivity index is 1.36. The summed E-state index contributed by atoms with van der Waals surface area (Å²) in [5, 5.41) is 11.8. The standard InChI is InChI=1S/C23H28N4O3/c1-2-29-22-9-4-3-8-21(22)25-23(28)30-15-14-26-10-12-27(13-11-26)18-20-7-5-6-19(16-20)17-24/h3-9,16H,2,10-15,18H2,1H3,(H,25,28). The number of rotatable bonds is 8. The lowest BCUT2D eigenvalue weighted by Crippen LogP contribution is -2.46. The molecule has 1 saturated heterocycles. The van der Waals surface area contributed by atoms with Crippen molar-refractivity contribution in [1.29, 1.82) is 5.26 Å². The molecule has 2 aromatic carbocycles. The highest BCUT2D eigenvalue weighted by molar-refractivity contribution is 5.86. The van der Waals surface area contributed by atoms with Gasteiger partial charge < -0.3 is 9.47 Å². The number of ether oxygens (including phenoxy) is 2. The molecular weight excluding hydrogens is 380 g/mol. The molecule has 2 aromatic rings. The Kier molecular flexibility index (Phi) is 8.07. The monoisotopic (exact) mass is 408 g/mol. The number of nitriles is 1. The van der Waals surface area contributed by atoms with E-state index in [0.29, 0.717) is 36.8 Å². The molecule has 0 atom stereocenters. The first-order chi connectivity index (χ1) is 14.7. The van der Waals surface area contributed by atoms with Crippen LogP contribution in [0, 0.1) is 11.3 Å². The maximum atomic E-state index is 12.1. The molecule has 0 radical (unpaired) electrons.